The Hall–Kier alpha value is -0.780. The third-order valence-electron chi connectivity index (χ3n) is 2.97. The van der Waals surface area contributed by atoms with E-state index in [1.807, 2.05) is 24.3 Å². The van der Waals surface area contributed by atoms with E-state index < -0.39 is 12.8 Å². The Labute approximate surface area is 108 Å². The molecule has 1 N–H and O–H groups in total. The third kappa shape index (κ3) is 3.86. The van der Waals surface area contributed by atoms with Gasteiger partial charge in [-0.05, 0) is 36.5 Å². The third-order valence-corrected chi connectivity index (χ3v) is 3.22. The molecular weight excluding hydrogens is 267 g/mol. The van der Waals surface area contributed by atoms with Crippen molar-refractivity contribution in [3.8, 4) is 0 Å². The fourth-order valence-electron chi connectivity index (χ4n) is 1.96. The van der Waals surface area contributed by atoms with Crippen molar-refractivity contribution in [2.24, 2.45) is 0 Å². The lowest BCUT2D eigenvalue weighted by Gasteiger charge is -2.35. The molecule has 2 rings (SSSR count). The topological polar surface area (TPSA) is 21.3 Å². The summed E-state index contributed by atoms with van der Waals surface area (Å²) in [7, 11) is 0. The van der Waals surface area contributed by atoms with Crippen LogP contribution >= 0.6 is 11.6 Å². The van der Waals surface area contributed by atoms with E-state index in [0.29, 0.717) is 10.9 Å². The summed E-state index contributed by atoms with van der Waals surface area (Å²) in [4.78, 5) is 4.41. The van der Waals surface area contributed by atoms with Gasteiger partial charge in [-0.1, -0.05) is 23.7 Å². The fraction of sp³-hybridized carbons (Fsp3) is 0.500. The van der Waals surface area contributed by atoms with Crippen LogP contribution in [-0.4, -0.2) is 18.8 Å². The van der Waals surface area contributed by atoms with Crippen molar-refractivity contribution >= 4 is 11.6 Å². The van der Waals surface area contributed by atoms with E-state index in [2.05, 4.69) is 10.3 Å². The normalized spacial score (nSPS) is 23.8. The van der Waals surface area contributed by atoms with Gasteiger partial charge in [0.2, 0.25) is 0 Å². The summed E-state index contributed by atoms with van der Waals surface area (Å²) < 4.78 is 35.5. The molecule has 1 aromatic carbocycles. The first kappa shape index (κ1) is 13.6. The van der Waals surface area contributed by atoms with Crippen molar-refractivity contribution in [3.63, 3.8) is 0 Å². The molecule has 6 heteroatoms. The highest BCUT2D eigenvalue weighted by atomic mass is 35.5. The van der Waals surface area contributed by atoms with Crippen LogP contribution in [-0.2, 0) is 4.84 Å². The first-order valence-corrected chi connectivity index (χ1v) is 6.01. The van der Waals surface area contributed by atoms with Crippen molar-refractivity contribution in [2.75, 3.05) is 6.61 Å². The maximum absolute atomic E-state index is 11.8. The number of rotatable bonds is 4. The van der Waals surface area contributed by atoms with Gasteiger partial charge in [0, 0.05) is 11.1 Å². The second kappa shape index (κ2) is 5.47. The van der Waals surface area contributed by atoms with E-state index in [9.17, 15) is 13.2 Å². The molecule has 0 bridgehead atoms. The zero-order valence-electron chi connectivity index (χ0n) is 9.51. The predicted molar refractivity (Wildman–Crippen MR) is 62.4 cm³/mol. The van der Waals surface area contributed by atoms with Gasteiger partial charge in [-0.15, -0.1) is 0 Å². The molecular formula is C12H13ClF3NO. The maximum Gasteiger partial charge on any atom is 0.413 e. The van der Waals surface area contributed by atoms with Gasteiger partial charge >= 0.3 is 6.18 Å². The molecule has 0 amide bonds. The molecule has 0 radical (unpaired) electrons. The molecule has 1 aliphatic rings. The zero-order chi connectivity index (χ0) is 13.2. The van der Waals surface area contributed by atoms with E-state index in [1.165, 1.54) is 0 Å². The Bertz CT molecular complexity index is 387. The molecule has 1 saturated carbocycles. The minimum Gasteiger partial charge on any atom is -0.292 e. The lowest BCUT2D eigenvalue weighted by Crippen LogP contribution is -2.41. The van der Waals surface area contributed by atoms with Gasteiger partial charge in [-0.3, -0.25) is 4.84 Å². The van der Waals surface area contributed by atoms with Crippen LogP contribution in [0.2, 0.25) is 5.02 Å². The van der Waals surface area contributed by atoms with Crippen LogP contribution in [0, 0.1) is 0 Å². The number of benzene rings is 1. The highest BCUT2D eigenvalue weighted by Gasteiger charge is 2.32. The summed E-state index contributed by atoms with van der Waals surface area (Å²) in [5, 5.41) is 0.682. The quantitative estimate of drug-likeness (QED) is 0.849. The number of nitrogens with one attached hydrogen (secondary N) is 1. The molecule has 0 spiro atoms. The molecule has 0 saturated heterocycles. The Balaban J connectivity index is 1.69. The summed E-state index contributed by atoms with van der Waals surface area (Å²) >= 11 is 5.78. The molecule has 0 aromatic heterocycles. The summed E-state index contributed by atoms with van der Waals surface area (Å²) in [6, 6.07) is 7.52. The molecule has 0 heterocycles. The van der Waals surface area contributed by atoms with Crippen LogP contribution in [0.5, 0.6) is 0 Å². The highest BCUT2D eigenvalue weighted by molar-refractivity contribution is 6.30. The number of hydrogen-bond donors (Lipinski definition) is 1. The average Bonchev–Trinajstić information content (AvgIpc) is 2.22. The van der Waals surface area contributed by atoms with Gasteiger partial charge in [0.05, 0.1) is 0 Å². The van der Waals surface area contributed by atoms with Crippen molar-refractivity contribution in [2.45, 2.75) is 31.0 Å². The molecule has 1 fully saturated rings. The summed E-state index contributed by atoms with van der Waals surface area (Å²) in [6.45, 7) is -1.25. The number of alkyl halides is 3. The Morgan fingerprint density at radius 2 is 1.83 bits per heavy atom. The first-order valence-electron chi connectivity index (χ1n) is 5.63. The van der Waals surface area contributed by atoms with Crippen molar-refractivity contribution in [1.82, 2.24) is 5.48 Å². The summed E-state index contributed by atoms with van der Waals surface area (Å²) in [5.41, 5.74) is 3.60. The minimum absolute atomic E-state index is 0.00646. The molecule has 0 atom stereocenters. The monoisotopic (exact) mass is 279 g/mol. The smallest absolute Gasteiger partial charge is 0.292 e. The summed E-state index contributed by atoms with van der Waals surface area (Å²) in [5.74, 6) is 0.370. The Morgan fingerprint density at radius 1 is 1.22 bits per heavy atom. The molecule has 0 aliphatic heterocycles. The molecule has 18 heavy (non-hydrogen) atoms. The van der Waals surface area contributed by atoms with E-state index in [0.717, 1.165) is 18.4 Å². The minimum atomic E-state index is -4.29. The number of hydroxylamine groups is 1. The average molecular weight is 280 g/mol. The van der Waals surface area contributed by atoms with Crippen molar-refractivity contribution in [3.05, 3.63) is 34.9 Å². The van der Waals surface area contributed by atoms with Crippen molar-refractivity contribution in [1.29, 1.82) is 0 Å². The summed E-state index contributed by atoms with van der Waals surface area (Å²) in [6.07, 6.45) is -2.73. The lowest BCUT2D eigenvalue weighted by molar-refractivity contribution is -0.195. The molecule has 1 aromatic rings. The van der Waals surface area contributed by atoms with Crippen LogP contribution < -0.4 is 5.48 Å². The van der Waals surface area contributed by atoms with Crippen LogP contribution in [0.1, 0.15) is 24.3 Å². The maximum atomic E-state index is 11.8. The van der Waals surface area contributed by atoms with Gasteiger partial charge in [-0.2, -0.15) is 18.7 Å². The highest BCUT2D eigenvalue weighted by Crippen LogP contribution is 2.37. The van der Waals surface area contributed by atoms with E-state index in [4.69, 9.17) is 11.6 Å². The molecule has 0 unspecified atom stereocenters. The van der Waals surface area contributed by atoms with Gasteiger partial charge in [-0.25, -0.2) is 0 Å². The van der Waals surface area contributed by atoms with E-state index in [1.54, 1.807) is 0 Å². The molecule has 100 valence electrons. The molecule has 2 nitrogen and oxygen atoms in total. The number of halogens is 4. The molecule has 1 aliphatic carbocycles. The SMILES string of the molecule is FC(F)(F)CONC1CC(c2ccc(Cl)cc2)C1. The first-order chi connectivity index (χ1) is 8.44. The second-order valence-corrected chi connectivity index (χ2v) is 4.87. The standard InChI is InChI=1S/C12H13ClF3NO/c13-10-3-1-8(2-4-10)9-5-11(6-9)17-18-7-12(14,15)16/h1-4,9,11,17H,5-7H2. The van der Waals surface area contributed by atoms with Crippen LogP contribution in [0.25, 0.3) is 0 Å². The van der Waals surface area contributed by atoms with Gasteiger partial charge in [0.15, 0.2) is 6.61 Å². The van der Waals surface area contributed by atoms with Gasteiger partial charge in [0.1, 0.15) is 0 Å². The lowest BCUT2D eigenvalue weighted by atomic mass is 9.76. The van der Waals surface area contributed by atoms with Crippen LogP contribution in [0.3, 0.4) is 0 Å². The van der Waals surface area contributed by atoms with Gasteiger partial charge < -0.3 is 0 Å². The van der Waals surface area contributed by atoms with E-state index in [-0.39, 0.29) is 6.04 Å². The predicted octanol–water partition coefficient (Wildman–Crippen LogP) is 3.67. The fourth-order valence-corrected chi connectivity index (χ4v) is 2.09. The largest absolute Gasteiger partial charge is 0.413 e. The zero-order valence-corrected chi connectivity index (χ0v) is 10.3. The van der Waals surface area contributed by atoms with Crippen molar-refractivity contribution < 1.29 is 18.0 Å². The Morgan fingerprint density at radius 3 is 2.39 bits per heavy atom. The number of hydrogen-bond acceptors (Lipinski definition) is 2. The van der Waals surface area contributed by atoms with Crippen LogP contribution in [0.4, 0.5) is 13.2 Å². The van der Waals surface area contributed by atoms with E-state index >= 15 is 0 Å². The Kier molecular flexibility index (Phi) is 4.14. The van der Waals surface area contributed by atoms with Gasteiger partial charge in [0.25, 0.3) is 0 Å². The second-order valence-electron chi connectivity index (χ2n) is 4.44. The van der Waals surface area contributed by atoms with Crippen LogP contribution in [0.15, 0.2) is 24.3 Å².